The predicted molar refractivity (Wildman–Crippen MR) is 67.3 cm³/mol. The fourth-order valence-corrected chi connectivity index (χ4v) is 1.54. The number of nitrogen functional groups attached to an aromatic ring is 1. The maximum absolute atomic E-state index is 12.5. The van der Waals surface area contributed by atoms with E-state index in [9.17, 15) is 13.2 Å². The molecule has 0 radical (unpaired) electrons. The normalized spacial score (nSPS) is 11.4. The highest BCUT2D eigenvalue weighted by Crippen LogP contribution is 2.29. The van der Waals surface area contributed by atoms with Gasteiger partial charge in [0.1, 0.15) is 11.6 Å². The van der Waals surface area contributed by atoms with Crippen LogP contribution in [0.2, 0.25) is 0 Å². The second-order valence-corrected chi connectivity index (χ2v) is 4.05. The van der Waals surface area contributed by atoms with Gasteiger partial charge in [-0.3, -0.25) is 0 Å². The van der Waals surface area contributed by atoms with Crippen LogP contribution in [0.15, 0.2) is 30.3 Å². The summed E-state index contributed by atoms with van der Waals surface area (Å²) in [6.07, 6.45) is -3.81. The molecule has 2 aromatic rings. The fourth-order valence-electron chi connectivity index (χ4n) is 1.54. The van der Waals surface area contributed by atoms with Gasteiger partial charge in [-0.25, -0.2) is 4.98 Å². The lowest BCUT2D eigenvalue weighted by Gasteiger charge is -2.09. The number of rotatable bonds is 3. The molecule has 0 aliphatic rings. The molecule has 1 aromatic heterocycles. The number of ether oxygens (including phenoxy) is 1. The molecule has 4 nitrogen and oxygen atoms in total. The van der Waals surface area contributed by atoms with E-state index in [0.29, 0.717) is 5.75 Å². The van der Waals surface area contributed by atoms with Crippen LogP contribution in [0.4, 0.5) is 19.0 Å². The molecule has 7 heteroatoms. The molecule has 0 aliphatic carbocycles. The van der Waals surface area contributed by atoms with Gasteiger partial charge in [-0.2, -0.15) is 18.2 Å². The zero-order valence-electron chi connectivity index (χ0n) is 10.6. The summed E-state index contributed by atoms with van der Waals surface area (Å²) in [4.78, 5) is 6.44. The molecular formula is C13H12F3N3O. The number of anilines is 1. The van der Waals surface area contributed by atoms with E-state index in [1.807, 2.05) is 19.1 Å². The van der Waals surface area contributed by atoms with E-state index in [2.05, 4.69) is 9.97 Å². The van der Waals surface area contributed by atoms with Crippen molar-refractivity contribution in [2.75, 3.05) is 5.73 Å². The molecule has 0 aliphatic heterocycles. The summed E-state index contributed by atoms with van der Waals surface area (Å²) in [5, 5.41) is 0. The van der Waals surface area contributed by atoms with Crippen molar-refractivity contribution < 1.29 is 17.9 Å². The average molecular weight is 283 g/mol. The Balaban J connectivity index is 2.26. The molecule has 20 heavy (non-hydrogen) atoms. The molecule has 106 valence electrons. The van der Waals surface area contributed by atoms with Crippen LogP contribution >= 0.6 is 0 Å². The van der Waals surface area contributed by atoms with Crippen LogP contribution in [-0.4, -0.2) is 9.97 Å². The van der Waals surface area contributed by atoms with E-state index in [0.717, 1.165) is 18.1 Å². The quantitative estimate of drug-likeness (QED) is 0.937. The third-order valence-electron chi connectivity index (χ3n) is 2.53. The number of nitrogens with two attached hydrogens (primary N) is 1. The second kappa shape index (κ2) is 5.36. The van der Waals surface area contributed by atoms with Gasteiger partial charge in [0.05, 0.1) is 0 Å². The Morgan fingerprint density at radius 1 is 1.15 bits per heavy atom. The predicted octanol–water partition coefficient (Wildman–Crippen LogP) is 3.43. The van der Waals surface area contributed by atoms with Crippen LogP contribution in [0.1, 0.15) is 18.3 Å². The van der Waals surface area contributed by atoms with Crippen LogP contribution in [0.5, 0.6) is 11.6 Å². The summed E-state index contributed by atoms with van der Waals surface area (Å²) in [7, 11) is 0. The minimum atomic E-state index is -4.67. The Kier molecular flexibility index (Phi) is 3.78. The number of aryl methyl sites for hydroxylation is 1. The number of nitrogens with zero attached hydrogens (tertiary/aromatic N) is 2. The number of halogens is 3. The van der Waals surface area contributed by atoms with Crippen LogP contribution in [0.25, 0.3) is 0 Å². The van der Waals surface area contributed by atoms with Gasteiger partial charge in [0.25, 0.3) is 0 Å². The van der Waals surface area contributed by atoms with Crippen molar-refractivity contribution in [3.63, 3.8) is 0 Å². The Hall–Kier alpha value is -2.31. The SMILES string of the molecule is CCc1ccc(Oc2cc(N)nc(C(F)(F)F)n2)cc1. The van der Waals surface area contributed by atoms with Crippen LogP contribution in [-0.2, 0) is 12.6 Å². The van der Waals surface area contributed by atoms with E-state index in [1.165, 1.54) is 0 Å². The van der Waals surface area contributed by atoms with E-state index >= 15 is 0 Å². The second-order valence-electron chi connectivity index (χ2n) is 4.05. The molecule has 0 spiro atoms. The molecule has 0 atom stereocenters. The molecule has 2 rings (SSSR count). The van der Waals surface area contributed by atoms with Gasteiger partial charge in [0, 0.05) is 6.07 Å². The maximum atomic E-state index is 12.5. The molecule has 2 N–H and O–H groups in total. The zero-order valence-corrected chi connectivity index (χ0v) is 10.6. The number of alkyl halides is 3. The molecule has 0 amide bonds. The fraction of sp³-hybridized carbons (Fsp3) is 0.231. The topological polar surface area (TPSA) is 61.0 Å². The zero-order chi connectivity index (χ0) is 14.8. The lowest BCUT2D eigenvalue weighted by molar-refractivity contribution is -0.145. The van der Waals surface area contributed by atoms with Crippen molar-refractivity contribution in [1.82, 2.24) is 9.97 Å². The summed E-state index contributed by atoms with van der Waals surface area (Å²) in [6, 6.07) is 8.10. The number of hydrogen-bond donors (Lipinski definition) is 1. The highest BCUT2D eigenvalue weighted by Gasteiger charge is 2.35. The van der Waals surface area contributed by atoms with Gasteiger partial charge >= 0.3 is 6.18 Å². The van der Waals surface area contributed by atoms with Crippen molar-refractivity contribution in [3.8, 4) is 11.6 Å². The maximum Gasteiger partial charge on any atom is 0.451 e. The Labute approximate surface area is 113 Å². The molecule has 1 heterocycles. The third kappa shape index (κ3) is 3.37. The summed E-state index contributed by atoms with van der Waals surface area (Å²) in [5.74, 6) is -1.48. The Morgan fingerprint density at radius 2 is 1.80 bits per heavy atom. The number of benzene rings is 1. The van der Waals surface area contributed by atoms with E-state index in [4.69, 9.17) is 10.5 Å². The van der Waals surface area contributed by atoms with Crippen molar-refractivity contribution in [3.05, 3.63) is 41.7 Å². The van der Waals surface area contributed by atoms with Crippen molar-refractivity contribution >= 4 is 5.82 Å². The smallest absolute Gasteiger partial charge is 0.439 e. The van der Waals surface area contributed by atoms with Gasteiger partial charge in [-0.1, -0.05) is 19.1 Å². The van der Waals surface area contributed by atoms with Gasteiger partial charge < -0.3 is 10.5 Å². The number of aromatic nitrogens is 2. The van der Waals surface area contributed by atoms with Gasteiger partial charge in [-0.15, -0.1) is 0 Å². The van der Waals surface area contributed by atoms with E-state index < -0.39 is 12.0 Å². The highest BCUT2D eigenvalue weighted by atomic mass is 19.4. The van der Waals surface area contributed by atoms with Crippen LogP contribution in [0, 0.1) is 0 Å². The Bertz CT molecular complexity index is 597. The lowest BCUT2D eigenvalue weighted by Crippen LogP contribution is -2.12. The Morgan fingerprint density at radius 3 is 2.35 bits per heavy atom. The van der Waals surface area contributed by atoms with Crippen LogP contribution in [0.3, 0.4) is 0 Å². The molecule has 0 saturated heterocycles. The molecule has 0 bridgehead atoms. The molecule has 1 aromatic carbocycles. The van der Waals surface area contributed by atoms with Crippen molar-refractivity contribution in [2.45, 2.75) is 19.5 Å². The highest BCUT2D eigenvalue weighted by molar-refractivity contribution is 5.36. The first-order chi connectivity index (χ1) is 9.38. The molecule has 0 fully saturated rings. The van der Waals surface area contributed by atoms with Crippen molar-refractivity contribution in [1.29, 1.82) is 0 Å². The summed E-state index contributed by atoms with van der Waals surface area (Å²) >= 11 is 0. The first-order valence-corrected chi connectivity index (χ1v) is 5.87. The monoisotopic (exact) mass is 283 g/mol. The van der Waals surface area contributed by atoms with Gasteiger partial charge in [-0.05, 0) is 24.1 Å². The minimum absolute atomic E-state index is 0.242. The minimum Gasteiger partial charge on any atom is -0.439 e. The van der Waals surface area contributed by atoms with Crippen molar-refractivity contribution in [2.24, 2.45) is 0 Å². The molecule has 0 saturated carbocycles. The average Bonchev–Trinajstić information content (AvgIpc) is 2.38. The molecular weight excluding hydrogens is 271 g/mol. The first-order valence-electron chi connectivity index (χ1n) is 5.87. The third-order valence-corrected chi connectivity index (χ3v) is 2.53. The standard InChI is InChI=1S/C13H12F3N3O/c1-2-8-3-5-9(6-4-8)20-11-7-10(17)18-12(19-11)13(14,15)16/h3-7H,2H2,1H3,(H2,17,18,19). The van der Waals surface area contributed by atoms with E-state index in [-0.39, 0.29) is 11.7 Å². The van der Waals surface area contributed by atoms with E-state index in [1.54, 1.807) is 12.1 Å². The first kappa shape index (κ1) is 14.1. The summed E-state index contributed by atoms with van der Waals surface area (Å²) in [6.45, 7) is 2.00. The van der Waals surface area contributed by atoms with Crippen LogP contribution < -0.4 is 10.5 Å². The van der Waals surface area contributed by atoms with Gasteiger partial charge in [0.15, 0.2) is 0 Å². The molecule has 0 unspecified atom stereocenters. The lowest BCUT2D eigenvalue weighted by atomic mass is 10.2. The van der Waals surface area contributed by atoms with Gasteiger partial charge in [0.2, 0.25) is 11.7 Å². The largest absolute Gasteiger partial charge is 0.451 e. The summed E-state index contributed by atoms with van der Waals surface area (Å²) < 4.78 is 42.9. The summed E-state index contributed by atoms with van der Waals surface area (Å²) in [5.41, 5.74) is 6.42. The number of hydrogen-bond acceptors (Lipinski definition) is 4.